The SMILES string of the molecule is CN(C)[C@H]1C(=O)C(C(N)=O)=C(O)[C@]2(O)C(=O)C3=C(O)c4c(ccc(C5CCCCC5)c4O)C[C@@H]3[C@@H](O)[C@H]12. The third-order valence-corrected chi connectivity index (χ3v) is 8.75. The van der Waals surface area contributed by atoms with Gasteiger partial charge in [0.15, 0.2) is 11.4 Å². The van der Waals surface area contributed by atoms with Gasteiger partial charge in [0.2, 0.25) is 5.78 Å². The summed E-state index contributed by atoms with van der Waals surface area (Å²) in [6.07, 6.45) is 3.42. The lowest BCUT2D eigenvalue weighted by Gasteiger charge is -2.52. The third-order valence-electron chi connectivity index (χ3n) is 8.75. The molecule has 0 radical (unpaired) electrons. The lowest BCUT2D eigenvalue weighted by atomic mass is 9.56. The molecule has 5 atom stereocenters. The highest BCUT2D eigenvalue weighted by Gasteiger charge is 2.67. The van der Waals surface area contributed by atoms with Crippen LogP contribution in [0.5, 0.6) is 5.75 Å². The number of aliphatic hydroxyl groups is 4. The normalized spacial score (nSPS) is 32.4. The largest absolute Gasteiger partial charge is 0.508 e. The van der Waals surface area contributed by atoms with Crippen molar-refractivity contribution in [2.24, 2.45) is 17.6 Å². The first-order valence-electron chi connectivity index (χ1n) is 12.6. The van der Waals surface area contributed by atoms with Crippen LogP contribution in [0, 0.1) is 11.8 Å². The smallest absolute Gasteiger partial charge is 0.255 e. The molecule has 2 saturated carbocycles. The van der Waals surface area contributed by atoms with Crippen LogP contribution in [-0.4, -0.2) is 79.7 Å². The van der Waals surface area contributed by atoms with Crippen LogP contribution in [0.15, 0.2) is 29.0 Å². The minimum absolute atomic E-state index is 0.0498. The molecule has 10 nitrogen and oxygen atoms in total. The number of rotatable bonds is 3. The summed E-state index contributed by atoms with van der Waals surface area (Å²) < 4.78 is 0. The van der Waals surface area contributed by atoms with Crippen molar-refractivity contribution < 1.29 is 39.9 Å². The van der Waals surface area contributed by atoms with Crippen LogP contribution >= 0.6 is 0 Å². The average molecular weight is 513 g/mol. The topological polar surface area (TPSA) is 182 Å². The van der Waals surface area contributed by atoms with Crippen LogP contribution in [-0.2, 0) is 20.8 Å². The zero-order chi connectivity index (χ0) is 27.0. The summed E-state index contributed by atoms with van der Waals surface area (Å²) in [5.74, 6) is -7.82. The highest BCUT2D eigenvalue weighted by atomic mass is 16.4. The molecule has 2 fully saturated rings. The Hall–Kier alpha value is -3.21. The molecular weight excluding hydrogens is 480 g/mol. The number of primary amides is 1. The number of carbonyl (C=O) groups excluding carboxylic acids is 3. The summed E-state index contributed by atoms with van der Waals surface area (Å²) in [6, 6.07) is 2.23. The van der Waals surface area contributed by atoms with Gasteiger partial charge in [0.25, 0.3) is 5.91 Å². The maximum absolute atomic E-state index is 13.9. The van der Waals surface area contributed by atoms with E-state index < -0.39 is 64.1 Å². The van der Waals surface area contributed by atoms with Gasteiger partial charge in [-0.25, -0.2) is 0 Å². The quantitative estimate of drug-likeness (QED) is 0.322. The van der Waals surface area contributed by atoms with Crippen LogP contribution in [0.25, 0.3) is 5.76 Å². The Bertz CT molecular complexity index is 1280. The maximum atomic E-state index is 13.9. The lowest BCUT2D eigenvalue weighted by Crippen LogP contribution is -2.70. The minimum atomic E-state index is -2.89. The predicted molar refractivity (Wildman–Crippen MR) is 131 cm³/mol. The van der Waals surface area contributed by atoms with Crippen molar-refractivity contribution >= 4 is 23.2 Å². The van der Waals surface area contributed by atoms with Gasteiger partial charge in [0.05, 0.1) is 23.6 Å². The van der Waals surface area contributed by atoms with Crippen LogP contribution in [0.3, 0.4) is 0 Å². The molecule has 4 aliphatic rings. The fourth-order valence-electron chi connectivity index (χ4n) is 6.99. The Morgan fingerprint density at radius 2 is 1.73 bits per heavy atom. The number of carbonyl (C=O) groups is 3. The molecule has 5 rings (SSSR count). The van der Waals surface area contributed by atoms with Gasteiger partial charge in [-0.1, -0.05) is 31.4 Å². The van der Waals surface area contributed by atoms with Crippen LogP contribution in [0.4, 0.5) is 0 Å². The second kappa shape index (κ2) is 8.68. The Morgan fingerprint density at radius 3 is 2.32 bits per heavy atom. The number of hydrogen-bond acceptors (Lipinski definition) is 9. The second-order valence-corrected chi connectivity index (χ2v) is 10.9. The number of nitrogens with two attached hydrogens (primary N) is 1. The number of likely N-dealkylation sites (N-methyl/N-ethyl adjacent to an activating group) is 1. The molecule has 0 heterocycles. The highest BCUT2D eigenvalue weighted by Crippen LogP contribution is 2.53. The molecule has 0 aliphatic heterocycles. The van der Waals surface area contributed by atoms with E-state index in [1.165, 1.54) is 19.0 Å². The number of fused-ring (bicyclic) bond motifs is 3. The number of amides is 1. The number of benzene rings is 1. The number of ketones is 2. The van der Waals surface area contributed by atoms with E-state index in [2.05, 4.69) is 0 Å². The molecule has 198 valence electrons. The summed E-state index contributed by atoms with van der Waals surface area (Å²) in [5.41, 5.74) is 2.40. The van der Waals surface area contributed by atoms with Gasteiger partial charge in [-0.15, -0.1) is 0 Å². The number of Topliss-reactive ketones (excluding diaryl/α,β-unsaturated/α-hetero) is 2. The van der Waals surface area contributed by atoms with Gasteiger partial charge in [-0.2, -0.15) is 0 Å². The Kier molecular flexibility index (Phi) is 5.97. The van der Waals surface area contributed by atoms with Gasteiger partial charge in [-0.3, -0.25) is 19.3 Å². The summed E-state index contributed by atoms with van der Waals surface area (Å²) in [4.78, 5) is 40.5. The highest BCUT2D eigenvalue weighted by molar-refractivity contribution is 6.24. The Labute approximate surface area is 213 Å². The van der Waals surface area contributed by atoms with Crippen molar-refractivity contribution in [1.29, 1.82) is 0 Å². The Balaban J connectivity index is 1.71. The minimum Gasteiger partial charge on any atom is -0.508 e. The van der Waals surface area contributed by atoms with Crippen molar-refractivity contribution in [1.82, 2.24) is 4.90 Å². The number of aromatic hydroxyl groups is 1. The molecule has 0 saturated heterocycles. The first-order valence-corrected chi connectivity index (χ1v) is 12.6. The van der Waals surface area contributed by atoms with Crippen LogP contribution < -0.4 is 5.73 Å². The lowest BCUT2D eigenvalue weighted by molar-refractivity contribution is -0.168. The third kappa shape index (κ3) is 3.39. The van der Waals surface area contributed by atoms with Gasteiger partial charge >= 0.3 is 0 Å². The molecule has 1 aromatic rings. The van der Waals surface area contributed by atoms with Crippen molar-refractivity contribution in [3.05, 3.63) is 45.7 Å². The van der Waals surface area contributed by atoms with Gasteiger partial charge in [0.1, 0.15) is 22.8 Å². The van der Waals surface area contributed by atoms with Crippen molar-refractivity contribution in [3.8, 4) is 5.75 Å². The molecule has 0 aromatic heterocycles. The molecule has 10 heteroatoms. The molecule has 0 unspecified atom stereocenters. The van der Waals surface area contributed by atoms with Crippen LogP contribution in [0.2, 0.25) is 0 Å². The van der Waals surface area contributed by atoms with E-state index in [1.54, 1.807) is 6.07 Å². The number of phenolic OH excluding ortho intramolecular Hbond substituents is 1. The number of aliphatic hydroxyl groups excluding tert-OH is 3. The first kappa shape index (κ1) is 25.4. The molecule has 4 aliphatic carbocycles. The molecule has 1 amide bonds. The van der Waals surface area contributed by atoms with Crippen molar-refractivity contribution in [2.45, 2.75) is 62.2 Å². The number of hydrogen-bond donors (Lipinski definition) is 6. The molecule has 0 spiro atoms. The number of nitrogens with zero attached hydrogens (tertiary/aromatic N) is 1. The van der Waals surface area contributed by atoms with E-state index in [-0.39, 0.29) is 29.2 Å². The van der Waals surface area contributed by atoms with Crippen molar-refractivity contribution in [2.75, 3.05) is 14.1 Å². The number of phenols is 1. The standard InChI is InChI=1S/C27H32N2O8/c1-29(2)19-18-21(31)14-10-12-8-9-13(11-6-4-3-5-7-11)20(30)15(12)22(32)16(14)24(34)27(18,37)25(35)17(23(19)33)26(28)36/h8-9,11,14,18-19,21,30-32,35,37H,3-7,10H2,1-2H3,(H2,28,36)/t14-,18-,19+,21+,27+/m0/s1. The zero-order valence-corrected chi connectivity index (χ0v) is 20.8. The zero-order valence-electron chi connectivity index (χ0n) is 20.8. The molecule has 7 N–H and O–H groups in total. The Morgan fingerprint density at radius 1 is 1.08 bits per heavy atom. The van der Waals surface area contributed by atoms with Crippen molar-refractivity contribution in [3.63, 3.8) is 0 Å². The summed E-state index contributed by atoms with van der Waals surface area (Å²) in [5, 5.41) is 56.6. The molecule has 37 heavy (non-hydrogen) atoms. The van der Waals surface area contributed by atoms with E-state index in [0.29, 0.717) is 11.1 Å². The fraction of sp³-hybridized carbons (Fsp3) is 0.519. The summed E-state index contributed by atoms with van der Waals surface area (Å²) in [7, 11) is 2.95. The van der Waals surface area contributed by atoms with E-state index >= 15 is 0 Å². The van der Waals surface area contributed by atoms with E-state index in [1.807, 2.05) is 6.07 Å². The van der Waals surface area contributed by atoms with Gasteiger partial charge in [-0.05, 0) is 50.4 Å². The van der Waals surface area contributed by atoms with E-state index in [0.717, 1.165) is 32.1 Å². The maximum Gasteiger partial charge on any atom is 0.255 e. The van der Waals surface area contributed by atoms with E-state index in [9.17, 15) is 39.9 Å². The average Bonchev–Trinajstić information content (AvgIpc) is 2.84. The fourth-order valence-corrected chi connectivity index (χ4v) is 6.99. The van der Waals surface area contributed by atoms with Crippen LogP contribution in [0.1, 0.15) is 54.7 Å². The molecule has 0 bridgehead atoms. The van der Waals surface area contributed by atoms with E-state index in [4.69, 9.17) is 5.73 Å². The second-order valence-electron chi connectivity index (χ2n) is 10.9. The molecule has 1 aromatic carbocycles. The first-order chi connectivity index (χ1) is 17.4. The summed E-state index contributed by atoms with van der Waals surface area (Å²) in [6.45, 7) is 0. The van der Waals surface area contributed by atoms with Gasteiger partial charge in [0, 0.05) is 11.5 Å². The monoisotopic (exact) mass is 512 g/mol. The van der Waals surface area contributed by atoms with Gasteiger partial charge < -0.3 is 31.3 Å². The predicted octanol–water partition coefficient (Wildman–Crippen LogP) is 0.983. The molecular formula is C27H32N2O8. The summed E-state index contributed by atoms with van der Waals surface area (Å²) >= 11 is 0.